The summed E-state index contributed by atoms with van der Waals surface area (Å²) in [7, 11) is 0. The average molecular weight is 325 g/mol. The number of nitrogens with zero attached hydrogens (tertiary/aromatic N) is 1. The lowest BCUT2D eigenvalue weighted by Crippen LogP contribution is -2.51. The molecule has 2 N–H and O–H groups in total. The van der Waals surface area contributed by atoms with Crippen molar-refractivity contribution in [1.82, 2.24) is 15.2 Å². The largest absolute Gasteiger partial charge is 0.361 e. The molecule has 0 spiro atoms. The summed E-state index contributed by atoms with van der Waals surface area (Å²) < 4.78 is 0. The van der Waals surface area contributed by atoms with Crippen molar-refractivity contribution in [2.75, 3.05) is 13.1 Å². The van der Waals surface area contributed by atoms with E-state index in [1.165, 1.54) is 16.5 Å². The second kappa shape index (κ2) is 6.60. The van der Waals surface area contributed by atoms with Crippen LogP contribution in [0.1, 0.15) is 38.2 Å². The molecule has 2 aliphatic rings. The number of amides is 1. The Kier molecular flexibility index (Phi) is 4.31. The van der Waals surface area contributed by atoms with Crippen LogP contribution in [-0.4, -0.2) is 34.9 Å². The second-order valence-electron chi connectivity index (χ2n) is 7.36. The first-order valence-electron chi connectivity index (χ1n) is 9.33. The summed E-state index contributed by atoms with van der Waals surface area (Å²) >= 11 is 0. The van der Waals surface area contributed by atoms with E-state index in [0.717, 1.165) is 45.3 Å². The van der Waals surface area contributed by atoms with Gasteiger partial charge in [0, 0.05) is 48.7 Å². The maximum atomic E-state index is 12.3. The highest BCUT2D eigenvalue weighted by Crippen LogP contribution is 2.33. The summed E-state index contributed by atoms with van der Waals surface area (Å²) in [6.45, 7) is 4.99. The number of hydrogen-bond acceptors (Lipinski definition) is 2. The lowest BCUT2D eigenvalue weighted by atomic mass is 9.89. The van der Waals surface area contributed by atoms with Gasteiger partial charge in [-0.3, -0.25) is 4.79 Å². The van der Waals surface area contributed by atoms with Crippen LogP contribution in [0.25, 0.3) is 10.9 Å². The van der Waals surface area contributed by atoms with Gasteiger partial charge in [-0.05, 0) is 42.9 Å². The zero-order chi connectivity index (χ0) is 16.5. The molecule has 1 aromatic heterocycles. The number of carbonyl (C=O) groups excluding carboxylic acids is 1. The van der Waals surface area contributed by atoms with Crippen LogP contribution in [0.15, 0.2) is 30.5 Å². The van der Waals surface area contributed by atoms with Gasteiger partial charge in [-0.1, -0.05) is 25.5 Å². The Hall–Kier alpha value is -1.81. The summed E-state index contributed by atoms with van der Waals surface area (Å²) in [4.78, 5) is 17.7. The third-order valence-electron chi connectivity index (χ3n) is 5.74. The molecule has 2 heterocycles. The van der Waals surface area contributed by atoms with Gasteiger partial charge in [0.1, 0.15) is 0 Å². The normalized spacial score (nSPS) is 24.5. The highest BCUT2D eigenvalue weighted by Gasteiger charge is 2.37. The highest BCUT2D eigenvalue weighted by molar-refractivity contribution is 5.83. The molecule has 2 atom stereocenters. The third-order valence-corrected chi connectivity index (χ3v) is 5.74. The van der Waals surface area contributed by atoms with Crippen molar-refractivity contribution in [2.24, 2.45) is 11.8 Å². The Morgan fingerprint density at radius 2 is 2.17 bits per heavy atom. The number of benzene rings is 1. The highest BCUT2D eigenvalue weighted by atomic mass is 16.2. The first kappa shape index (κ1) is 15.7. The quantitative estimate of drug-likeness (QED) is 0.886. The molecule has 0 radical (unpaired) electrons. The van der Waals surface area contributed by atoms with Crippen molar-refractivity contribution in [2.45, 2.75) is 45.2 Å². The number of aromatic nitrogens is 1. The van der Waals surface area contributed by atoms with Gasteiger partial charge in [-0.2, -0.15) is 0 Å². The fourth-order valence-electron chi connectivity index (χ4n) is 4.05. The van der Waals surface area contributed by atoms with Gasteiger partial charge in [0.25, 0.3) is 0 Å². The predicted molar refractivity (Wildman–Crippen MR) is 96.6 cm³/mol. The molecule has 1 saturated heterocycles. The summed E-state index contributed by atoms with van der Waals surface area (Å²) in [5.41, 5.74) is 2.55. The Labute approximate surface area is 143 Å². The monoisotopic (exact) mass is 325 g/mol. The second-order valence-corrected chi connectivity index (χ2v) is 7.36. The molecule has 4 nitrogen and oxygen atoms in total. The summed E-state index contributed by atoms with van der Waals surface area (Å²) in [6.07, 6.45) is 6.41. The van der Waals surface area contributed by atoms with Crippen molar-refractivity contribution in [3.63, 3.8) is 0 Å². The van der Waals surface area contributed by atoms with E-state index in [1.807, 2.05) is 6.20 Å². The molecule has 1 saturated carbocycles. The number of piperidine rings is 1. The molecule has 4 rings (SSSR count). The first-order valence-corrected chi connectivity index (χ1v) is 9.33. The van der Waals surface area contributed by atoms with E-state index >= 15 is 0 Å². The maximum Gasteiger partial charge on any atom is 0.225 e. The minimum absolute atomic E-state index is 0.346. The Balaban J connectivity index is 1.39. The Morgan fingerprint density at radius 3 is 2.96 bits per heavy atom. The molecule has 24 heavy (non-hydrogen) atoms. The molecular formula is C20H27N3O. The minimum Gasteiger partial charge on any atom is -0.361 e. The van der Waals surface area contributed by atoms with Crippen LogP contribution in [-0.2, 0) is 11.3 Å². The van der Waals surface area contributed by atoms with E-state index in [4.69, 9.17) is 0 Å². The SMILES string of the molecule is CC[C@@H]1CN(C(=O)C2CC2)CC[C@H]1NCc1cccc2[nH]ccc12. The topological polar surface area (TPSA) is 48.1 Å². The number of fused-ring (bicyclic) bond motifs is 1. The van der Waals surface area contributed by atoms with Crippen LogP contribution in [0.3, 0.4) is 0 Å². The van der Waals surface area contributed by atoms with E-state index in [0.29, 0.717) is 23.8 Å². The van der Waals surface area contributed by atoms with Crippen molar-refractivity contribution in [1.29, 1.82) is 0 Å². The van der Waals surface area contributed by atoms with Crippen molar-refractivity contribution in [3.05, 3.63) is 36.0 Å². The lowest BCUT2D eigenvalue weighted by molar-refractivity contribution is -0.134. The molecular weight excluding hydrogens is 298 g/mol. The van der Waals surface area contributed by atoms with E-state index in [2.05, 4.69) is 46.4 Å². The van der Waals surface area contributed by atoms with Gasteiger partial charge in [0.05, 0.1) is 0 Å². The molecule has 1 aliphatic carbocycles. The van der Waals surface area contributed by atoms with Crippen molar-refractivity contribution >= 4 is 16.8 Å². The van der Waals surface area contributed by atoms with Crippen molar-refractivity contribution < 1.29 is 4.79 Å². The van der Waals surface area contributed by atoms with Gasteiger partial charge in [0.2, 0.25) is 5.91 Å². The van der Waals surface area contributed by atoms with Crippen LogP contribution in [0, 0.1) is 11.8 Å². The number of rotatable bonds is 5. The number of hydrogen-bond donors (Lipinski definition) is 2. The van der Waals surface area contributed by atoms with Gasteiger partial charge in [-0.25, -0.2) is 0 Å². The summed E-state index contributed by atoms with van der Waals surface area (Å²) in [5.74, 6) is 1.31. The van der Waals surface area contributed by atoms with Crippen LogP contribution in [0.4, 0.5) is 0 Å². The van der Waals surface area contributed by atoms with Crippen LogP contribution < -0.4 is 5.32 Å². The number of H-pyrrole nitrogens is 1. The molecule has 0 bridgehead atoms. The fourth-order valence-corrected chi connectivity index (χ4v) is 4.05. The lowest BCUT2D eigenvalue weighted by Gasteiger charge is -2.39. The Bertz CT molecular complexity index is 718. The number of likely N-dealkylation sites (tertiary alicyclic amines) is 1. The van der Waals surface area contributed by atoms with Gasteiger partial charge < -0.3 is 15.2 Å². The van der Waals surface area contributed by atoms with Gasteiger partial charge in [-0.15, -0.1) is 0 Å². The molecule has 1 amide bonds. The maximum absolute atomic E-state index is 12.3. The zero-order valence-corrected chi connectivity index (χ0v) is 14.4. The van der Waals surface area contributed by atoms with Crippen LogP contribution in [0.5, 0.6) is 0 Å². The van der Waals surface area contributed by atoms with E-state index in [9.17, 15) is 4.79 Å². The number of carbonyl (C=O) groups is 1. The first-order chi connectivity index (χ1) is 11.8. The van der Waals surface area contributed by atoms with Gasteiger partial charge in [0.15, 0.2) is 0 Å². The average Bonchev–Trinajstić information content (AvgIpc) is 3.36. The van der Waals surface area contributed by atoms with E-state index < -0.39 is 0 Å². The molecule has 128 valence electrons. The van der Waals surface area contributed by atoms with E-state index in [1.54, 1.807) is 0 Å². The number of aromatic amines is 1. The van der Waals surface area contributed by atoms with Crippen LogP contribution in [0.2, 0.25) is 0 Å². The summed E-state index contributed by atoms with van der Waals surface area (Å²) in [6, 6.07) is 9.10. The summed E-state index contributed by atoms with van der Waals surface area (Å²) in [5, 5.41) is 5.08. The molecule has 4 heteroatoms. The molecule has 1 aliphatic heterocycles. The smallest absolute Gasteiger partial charge is 0.225 e. The standard InChI is InChI=1S/C20H27N3O/c1-2-14-13-23(20(24)15-6-7-15)11-9-18(14)22-12-16-4-3-5-19-17(16)8-10-21-19/h3-5,8,10,14-15,18,21-22H,2,6-7,9,11-13H2,1H3/t14-,18-/m1/s1. The van der Waals surface area contributed by atoms with Crippen molar-refractivity contribution in [3.8, 4) is 0 Å². The third kappa shape index (κ3) is 3.07. The fraction of sp³-hybridized carbons (Fsp3) is 0.550. The van der Waals surface area contributed by atoms with Crippen LogP contribution >= 0.6 is 0 Å². The molecule has 2 fully saturated rings. The molecule has 2 aromatic rings. The number of nitrogens with one attached hydrogen (secondary N) is 2. The zero-order valence-electron chi connectivity index (χ0n) is 14.4. The molecule has 1 aromatic carbocycles. The minimum atomic E-state index is 0.346. The predicted octanol–water partition coefficient (Wildman–Crippen LogP) is 3.29. The van der Waals surface area contributed by atoms with Gasteiger partial charge >= 0.3 is 0 Å². The van der Waals surface area contributed by atoms with E-state index in [-0.39, 0.29) is 0 Å². The molecule has 0 unspecified atom stereocenters. The Morgan fingerprint density at radius 1 is 1.29 bits per heavy atom.